The van der Waals surface area contributed by atoms with Crippen molar-refractivity contribution in [1.82, 2.24) is 19.7 Å². The van der Waals surface area contributed by atoms with Crippen molar-refractivity contribution >= 4 is 11.0 Å². The lowest BCUT2D eigenvalue weighted by atomic mass is 10.0. The van der Waals surface area contributed by atoms with Gasteiger partial charge in [-0.3, -0.25) is 0 Å². The van der Waals surface area contributed by atoms with Crippen LogP contribution >= 0.6 is 0 Å². The highest BCUT2D eigenvalue weighted by Crippen LogP contribution is 2.28. The van der Waals surface area contributed by atoms with Crippen LogP contribution in [0.3, 0.4) is 0 Å². The van der Waals surface area contributed by atoms with Crippen LogP contribution in [0.15, 0.2) is 78.9 Å². The lowest BCUT2D eigenvalue weighted by Crippen LogP contribution is -1.98. The van der Waals surface area contributed by atoms with Crippen LogP contribution in [-0.4, -0.2) is 24.9 Å². The number of H-pyrrole nitrogens is 1. The lowest BCUT2D eigenvalue weighted by Gasteiger charge is -2.05. The molecule has 2 aromatic heterocycles. The first-order chi connectivity index (χ1) is 14.2. The van der Waals surface area contributed by atoms with E-state index in [-0.39, 0.29) is 5.88 Å². The van der Waals surface area contributed by atoms with Gasteiger partial charge in [-0.25, -0.2) is 4.98 Å². The van der Waals surface area contributed by atoms with E-state index in [1.165, 1.54) is 15.8 Å². The molecule has 0 spiro atoms. The molecular formula is C24H20N4O. The van der Waals surface area contributed by atoms with E-state index >= 15 is 0 Å². The van der Waals surface area contributed by atoms with Crippen molar-refractivity contribution in [1.29, 1.82) is 0 Å². The zero-order valence-corrected chi connectivity index (χ0v) is 16.0. The van der Waals surface area contributed by atoms with E-state index in [0.29, 0.717) is 12.4 Å². The summed E-state index contributed by atoms with van der Waals surface area (Å²) in [5.41, 5.74) is 6.82. The van der Waals surface area contributed by atoms with E-state index < -0.39 is 0 Å². The first-order valence-electron chi connectivity index (χ1n) is 9.56. The van der Waals surface area contributed by atoms with Crippen molar-refractivity contribution in [2.24, 2.45) is 0 Å². The van der Waals surface area contributed by atoms with Gasteiger partial charge in [0.2, 0.25) is 11.8 Å². The normalized spacial score (nSPS) is 11.2. The Morgan fingerprint density at radius 1 is 0.862 bits per heavy atom. The number of aromatic amines is 1. The van der Waals surface area contributed by atoms with Crippen LogP contribution in [0.4, 0.5) is 0 Å². The third kappa shape index (κ3) is 3.17. The molecule has 5 heteroatoms. The molecule has 0 unspecified atom stereocenters. The summed E-state index contributed by atoms with van der Waals surface area (Å²) >= 11 is 0. The first kappa shape index (κ1) is 17.3. The van der Waals surface area contributed by atoms with Gasteiger partial charge in [-0.05, 0) is 35.7 Å². The average molecular weight is 380 g/mol. The molecule has 0 aliphatic heterocycles. The molecule has 0 radical (unpaired) electrons. The summed E-state index contributed by atoms with van der Waals surface area (Å²) in [5.74, 6) is 0.631. The number of nitrogens with one attached hydrogen (secondary N) is 1. The first-order valence-corrected chi connectivity index (χ1v) is 9.56. The van der Waals surface area contributed by atoms with E-state index in [4.69, 9.17) is 0 Å². The predicted octanol–water partition coefficient (Wildman–Crippen LogP) is 5.02. The summed E-state index contributed by atoms with van der Waals surface area (Å²) in [6.07, 6.45) is 0.604. The van der Waals surface area contributed by atoms with Crippen LogP contribution in [0.25, 0.3) is 28.1 Å². The summed E-state index contributed by atoms with van der Waals surface area (Å²) in [4.78, 5) is 7.75. The zero-order chi connectivity index (χ0) is 19.8. The molecule has 5 rings (SSSR count). The minimum absolute atomic E-state index is 0.119. The Hall–Kier alpha value is -3.86. The van der Waals surface area contributed by atoms with Gasteiger partial charge in [0.1, 0.15) is 0 Å². The van der Waals surface area contributed by atoms with Crippen molar-refractivity contribution in [3.8, 4) is 23.0 Å². The Bertz CT molecular complexity index is 1250. The highest BCUT2D eigenvalue weighted by molar-refractivity contribution is 5.76. The van der Waals surface area contributed by atoms with Gasteiger partial charge in [-0.15, -0.1) is 0 Å². The van der Waals surface area contributed by atoms with E-state index in [2.05, 4.69) is 51.5 Å². The van der Waals surface area contributed by atoms with E-state index in [9.17, 15) is 5.11 Å². The molecule has 0 atom stereocenters. The number of imidazole rings is 1. The predicted molar refractivity (Wildman–Crippen MR) is 114 cm³/mol. The molecule has 0 aliphatic rings. The molecule has 5 aromatic rings. The number of hydrogen-bond donors (Lipinski definition) is 2. The minimum Gasteiger partial charge on any atom is -0.493 e. The monoisotopic (exact) mass is 380 g/mol. The van der Waals surface area contributed by atoms with E-state index in [0.717, 1.165) is 27.9 Å². The van der Waals surface area contributed by atoms with Crippen LogP contribution in [0, 0.1) is 6.92 Å². The lowest BCUT2D eigenvalue weighted by molar-refractivity contribution is 0.426. The van der Waals surface area contributed by atoms with Crippen molar-refractivity contribution < 1.29 is 5.11 Å². The zero-order valence-electron chi connectivity index (χ0n) is 16.0. The summed E-state index contributed by atoms with van der Waals surface area (Å²) in [5, 5.41) is 15.3. The number of rotatable bonds is 4. The number of hydrogen-bond acceptors (Lipinski definition) is 3. The Balaban J connectivity index is 1.45. The molecule has 0 saturated carbocycles. The maximum absolute atomic E-state index is 10.8. The highest BCUT2D eigenvalue weighted by atomic mass is 16.3. The molecule has 0 amide bonds. The number of aryl methyl sites for hydroxylation is 1. The van der Waals surface area contributed by atoms with Gasteiger partial charge in [0.25, 0.3) is 0 Å². The Morgan fingerprint density at radius 2 is 1.55 bits per heavy atom. The molecular weight excluding hydrogens is 360 g/mol. The minimum atomic E-state index is 0.119. The smallest absolute Gasteiger partial charge is 0.232 e. The molecule has 142 valence electrons. The van der Waals surface area contributed by atoms with Crippen LogP contribution in [0.2, 0.25) is 0 Å². The summed E-state index contributed by atoms with van der Waals surface area (Å²) in [6.45, 7) is 1.91. The van der Waals surface area contributed by atoms with Gasteiger partial charge in [0.15, 0.2) is 0 Å². The van der Waals surface area contributed by atoms with Gasteiger partial charge >= 0.3 is 0 Å². The van der Waals surface area contributed by atoms with Crippen LogP contribution < -0.4 is 0 Å². The van der Waals surface area contributed by atoms with Crippen molar-refractivity contribution in [2.75, 3.05) is 0 Å². The standard InChI is InChI=1S/C24H20N4O/c1-16-20(15-17-11-13-19(14-12-17)18-7-3-2-4-8-18)23(29)28(27-16)24-25-21-9-5-6-10-22(21)26-24/h2-14,29H,15H2,1H3,(H,25,26). The number of fused-ring (bicyclic) bond motifs is 1. The fraction of sp³-hybridized carbons (Fsp3) is 0.0833. The van der Waals surface area contributed by atoms with Crippen LogP contribution in [-0.2, 0) is 6.42 Å². The van der Waals surface area contributed by atoms with Crippen molar-refractivity contribution in [2.45, 2.75) is 13.3 Å². The number of aromatic nitrogens is 4. The number of para-hydroxylation sites is 2. The maximum Gasteiger partial charge on any atom is 0.232 e. The summed E-state index contributed by atoms with van der Waals surface area (Å²) in [7, 11) is 0. The maximum atomic E-state index is 10.8. The van der Waals surface area contributed by atoms with E-state index in [1.807, 2.05) is 49.4 Å². The van der Waals surface area contributed by atoms with Crippen molar-refractivity contribution in [3.05, 3.63) is 95.7 Å². The molecule has 29 heavy (non-hydrogen) atoms. The van der Waals surface area contributed by atoms with Crippen molar-refractivity contribution in [3.63, 3.8) is 0 Å². The van der Waals surface area contributed by atoms with Gasteiger partial charge in [0.05, 0.1) is 16.7 Å². The number of aromatic hydroxyl groups is 1. The van der Waals surface area contributed by atoms with Gasteiger partial charge in [-0.2, -0.15) is 9.78 Å². The summed E-state index contributed by atoms with van der Waals surface area (Å²) < 4.78 is 1.48. The van der Waals surface area contributed by atoms with Gasteiger partial charge in [-0.1, -0.05) is 66.7 Å². The largest absolute Gasteiger partial charge is 0.493 e. The van der Waals surface area contributed by atoms with E-state index in [1.54, 1.807) is 0 Å². The van der Waals surface area contributed by atoms with Crippen LogP contribution in [0.5, 0.6) is 5.88 Å². The molecule has 0 fully saturated rings. The second-order valence-electron chi connectivity index (χ2n) is 7.12. The molecule has 0 saturated heterocycles. The topological polar surface area (TPSA) is 66.7 Å². The fourth-order valence-corrected chi connectivity index (χ4v) is 3.59. The molecule has 5 nitrogen and oxygen atoms in total. The third-order valence-corrected chi connectivity index (χ3v) is 5.18. The Kier molecular flexibility index (Phi) is 4.13. The van der Waals surface area contributed by atoms with Crippen LogP contribution in [0.1, 0.15) is 16.8 Å². The van der Waals surface area contributed by atoms with Gasteiger partial charge in [0, 0.05) is 12.0 Å². The SMILES string of the molecule is Cc1nn(-c2nc3ccccc3[nH]2)c(O)c1Cc1ccc(-c2ccccc2)cc1. The molecule has 0 aliphatic carbocycles. The Morgan fingerprint density at radius 3 is 2.31 bits per heavy atom. The number of benzene rings is 3. The molecule has 2 heterocycles. The fourth-order valence-electron chi connectivity index (χ4n) is 3.59. The quantitative estimate of drug-likeness (QED) is 0.460. The molecule has 3 aromatic carbocycles. The number of nitrogens with zero attached hydrogens (tertiary/aromatic N) is 3. The second kappa shape index (κ2) is 6.95. The Labute approximate surface area is 168 Å². The third-order valence-electron chi connectivity index (χ3n) is 5.18. The molecule has 0 bridgehead atoms. The summed E-state index contributed by atoms with van der Waals surface area (Å²) in [6, 6.07) is 26.5. The average Bonchev–Trinajstić information content (AvgIpc) is 3.31. The highest BCUT2D eigenvalue weighted by Gasteiger charge is 2.18. The molecule has 2 N–H and O–H groups in total. The second-order valence-corrected chi connectivity index (χ2v) is 7.12. The van der Waals surface area contributed by atoms with Gasteiger partial charge < -0.3 is 10.1 Å².